The maximum Gasteiger partial charge on any atom is 0.407 e. The molecule has 1 aromatic rings. The Morgan fingerprint density at radius 2 is 2.13 bits per heavy atom. The molecule has 0 spiro atoms. The van der Waals surface area contributed by atoms with Gasteiger partial charge in [0, 0.05) is 19.1 Å². The lowest BCUT2D eigenvalue weighted by Gasteiger charge is -2.22. The van der Waals surface area contributed by atoms with Crippen LogP contribution >= 0.6 is 11.3 Å². The topological polar surface area (TPSA) is 138 Å². The van der Waals surface area contributed by atoms with Gasteiger partial charge >= 0.3 is 12.1 Å². The average Bonchev–Trinajstić information content (AvgIpc) is 2.68. The summed E-state index contributed by atoms with van der Waals surface area (Å²) < 4.78 is 0. The van der Waals surface area contributed by atoms with Crippen LogP contribution in [0.2, 0.25) is 0 Å². The molecule has 4 amide bonds. The molecule has 1 aliphatic rings. The van der Waals surface area contributed by atoms with Crippen molar-refractivity contribution >= 4 is 34.4 Å². The van der Waals surface area contributed by atoms with Crippen molar-refractivity contribution in [1.82, 2.24) is 15.2 Å². The van der Waals surface area contributed by atoms with Crippen molar-refractivity contribution in [2.45, 2.75) is 32.2 Å². The van der Waals surface area contributed by atoms with E-state index in [0.29, 0.717) is 18.0 Å². The second kappa shape index (κ2) is 7.27. The van der Waals surface area contributed by atoms with Gasteiger partial charge in [0.25, 0.3) is 5.91 Å². The first-order valence-corrected chi connectivity index (χ1v) is 8.01. The monoisotopic (exact) mass is 341 g/mol. The number of carboxylic acid groups (broad SMARTS) is 1. The third kappa shape index (κ3) is 4.55. The summed E-state index contributed by atoms with van der Waals surface area (Å²) in [7, 11) is 0. The highest BCUT2D eigenvalue weighted by Crippen LogP contribution is 2.24. The maximum atomic E-state index is 12.4. The van der Waals surface area contributed by atoms with Gasteiger partial charge in [0.15, 0.2) is 5.69 Å². The molecular weight excluding hydrogens is 322 g/mol. The summed E-state index contributed by atoms with van der Waals surface area (Å²) in [6.45, 7) is 2.42. The number of carbonyl (C=O) groups excluding carboxylic acids is 2. The zero-order chi connectivity index (χ0) is 17.0. The summed E-state index contributed by atoms with van der Waals surface area (Å²) in [5.74, 6) is -0.449. The smallest absolute Gasteiger partial charge is 0.407 e. The van der Waals surface area contributed by atoms with Crippen LogP contribution in [-0.4, -0.2) is 52.2 Å². The van der Waals surface area contributed by atoms with E-state index >= 15 is 0 Å². The second-order valence-corrected chi connectivity index (χ2v) is 6.50. The quantitative estimate of drug-likeness (QED) is 0.654. The Morgan fingerprint density at radius 1 is 1.39 bits per heavy atom. The Kier molecular flexibility index (Phi) is 5.37. The number of nitrogens with two attached hydrogens (primary N) is 1. The minimum Gasteiger partial charge on any atom is -0.465 e. The number of aromatic nitrogens is 1. The second-order valence-electron chi connectivity index (χ2n) is 5.29. The molecule has 0 aliphatic carbocycles. The van der Waals surface area contributed by atoms with Crippen LogP contribution in [0.25, 0.3) is 0 Å². The van der Waals surface area contributed by atoms with Crippen LogP contribution in [0.5, 0.6) is 0 Å². The van der Waals surface area contributed by atoms with E-state index in [1.54, 1.807) is 6.92 Å². The van der Waals surface area contributed by atoms with Crippen molar-refractivity contribution in [2.75, 3.05) is 18.4 Å². The molecule has 1 aromatic heterocycles. The minimum atomic E-state index is -0.994. The Labute approximate surface area is 136 Å². The summed E-state index contributed by atoms with van der Waals surface area (Å²) in [4.78, 5) is 39.9. The van der Waals surface area contributed by atoms with Crippen molar-refractivity contribution in [3.05, 3.63) is 10.7 Å². The number of nitrogens with one attached hydrogen (secondary N) is 2. The molecule has 0 radical (unpaired) electrons. The van der Waals surface area contributed by atoms with Crippen molar-refractivity contribution in [3.8, 4) is 0 Å². The van der Waals surface area contributed by atoms with Crippen LogP contribution in [0.1, 0.15) is 34.8 Å². The molecule has 5 N–H and O–H groups in total. The van der Waals surface area contributed by atoms with Gasteiger partial charge in [-0.15, -0.1) is 11.3 Å². The summed E-state index contributed by atoms with van der Waals surface area (Å²) in [6, 6.07) is -1.06. The molecule has 23 heavy (non-hydrogen) atoms. The van der Waals surface area contributed by atoms with E-state index in [1.807, 2.05) is 0 Å². The molecule has 126 valence electrons. The number of nitrogens with zero attached hydrogens (tertiary/aromatic N) is 2. The molecule has 0 bridgehead atoms. The lowest BCUT2D eigenvalue weighted by atomic mass is 10.1. The van der Waals surface area contributed by atoms with Crippen LogP contribution in [0.4, 0.5) is 14.6 Å². The van der Waals surface area contributed by atoms with E-state index in [9.17, 15) is 14.4 Å². The predicted molar refractivity (Wildman–Crippen MR) is 84.8 cm³/mol. The molecule has 1 atom stereocenters. The van der Waals surface area contributed by atoms with Gasteiger partial charge in [-0.2, -0.15) is 0 Å². The number of thiazole rings is 1. The number of amides is 4. The van der Waals surface area contributed by atoms with Crippen molar-refractivity contribution in [2.24, 2.45) is 5.73 Å². The van der Waals surface area contributed by atoms with Crippen LogP contribution in [-0.2, 0) is 0 Å². The van der Waals surface area contributed by atoms with Crippen LogP contribution < -0.4 is 16.4 Å². The van der Waals surface area contributed by atoms with E-state index in [1.165, 1.54) is 4.90 Å². The highest BCUT2D eigenvalue weighted by atomic mass is 32.1. The van der Waals surface area contributed by atoms with E-state index in [4.69, 9.17) is 10.8 Å². The molecule has 2 heterocycles. The summed E-state index contributed by atoms with van der Waals surface area (Å²) in [6.07, 6.45) is 1.30. The first-order valence-electron chi connectivity index (χ1n) is 7.19. The number of likely N-dealkylation sites (tertiary alicyclic amines) is 1. The Balaban J connectivity index is 2.08. The molecule has 1 saturated heterocycles. The SMILES string of the molecule is Cc1nc(C(=O)N[C@H]2CCCCN(C(=O)O)C2)c(NC(N)=O)s1. The number of anilines is 1. The average molecular weight is 341 g/mol. The molecule has 10 heteroatoms. The number of hydrogen-bond donors (Lipinski definition) is 4. The molecule has 0 unspecified atom stereocenters. The lowest BCUT2D eigenvalue weighted by molar-refractivity contribution is 0.0917. The van der Waals surface area contributed by atoms with Gasteiger partial charge in [-0.25, -0.2) is 14.6 Å². The Morgan fingerprint density at radius 3 is 2.78 bits per heavy atom. The standard InChI is InChI=1S/C13H19N5O4S/c1-7-15-9(11(23-7)17-12(14)20)10(19)16-8-4-2-3-5-18(6-8)13(21)22/h8H,2-6H2,1H3,(H,16,19)(H,21,22)(H3,14,17,20)/t8-/m0/s1. The van der Waals surface area contributed by atoms with Crippen molar-refractivity contribution < 1.29 is 19.5 Å². The number of primary amides is 1. The van der Waals surface area contributed by atoms with E-state index < -0.39 is 18.0 Å². The van der Waals surface area contributed by atoms with Gasteiger partial charge in [0.05, 0.1) is 5.01 Å². The zero-order valence-electron chi connectivity index (χ0n) is 12.7. The fourth-order valence-corrected chi connectivity index (χ4v) is 3.28. The third-order valence-electron chi connectivity index (χ3n) is 3.46. The van der Waals surface area contributed by atoms with Gasteiger partial charge in [0.1, 0.15) is 5.00 Å². The molecule has 0 aromatic carbocycles. The first kappa shape index (κ1) is 17.0. The van der Waals surface area contributed by atoms with Crippen LogP contribution in [0, 0.1) is 6.92 Å². The fraction of sp³-hybridized carbons (Fsp3) is 0.538. The van der Waals surface area contributed by atoms with Crippen molar-refractivity contribution in [3.63, 3.8) is 0 Å². The van der Waals surface area contributed by atoms with Gasteiger partial charge in [-0.1, -0.05) is 0 Å². The molecule has 2 rings (SSSR count). The van der Waals surface area contributed by atoms with Crippen LogP contribution in [0.3, 0.4) is 0 Å². The minimum absolute atomic E-state index is 0.0948. The molecular formula is C13H19N5O4S. The molecule has 0 saturated carbocycles. The number of carbonyl (C=O) groups is 3. The van der Waals surface area contributed by atoms with E-state index in [-0.39, 0.29) is 23.3 Å². The highest BCUT2D eigenvalue weighted by molar-refractivity contribution is 7.16. The Hall–Kier alpha value is -2.36. The number of rotatable bonds is 3. The normalized spacial score (nSPS) is 18.1. The van der Waals surface area contributed by atoms with Gasteiger partial charge in [0.2, 0.25) is 0 Å². The highest BCUT2D eigenvalue weighted by Gasteiger charge is 2.25. The Bertz CT molecular complexity index is 618. The van der Waals surface area contributed by atoms with Crippen molar-refractivity contribution in [1.29, 1.82) is 0 Å². The van der Waals surface area contributed by atoms with Crippen LogP contribution in [0.15, 0.2) is 0 Å². The zero-order valence-corrected chi connectivity index (χ0v) is 13.5. The van der Waals surface area contributed by atoms with Gasteiger partial charge < -0.3 is 21.1 Å². The largest absolute Gasteiger partial charge is 0.465 e. The number of hydrogen-bond acceptors (Lipinski definition) is 5. The third-order valence-corrected chi connectivity index (χ3v) is 4.35. The number of urea groups is 1. The lowest BCUT2D eigenvalue weighted by Crippen LogP contribution is -2.44. The first-order chi connectivity index (χ1) is 10.9. The number of aryl methyl sites for hydroxylation is 1. The van der Waals surface area contributed by atoms with E-state index in [2.05, 4.69) is 15.6 Å². The van der Waals surface area contributed by atoms with Gasteiger partial charge in [-0.05, 0) is 26.2 Å². The van der Waals surface area contributed by atoms with E-state index in [0.717, 1.165) is 24.2 Å². The molecule has 1 fully saturated rings. The fourth-order valence-electron chi connectivity index (χ4n) is 2.46. The summed E-state index contributed by atoms with van der Waals surface area (Å²) >= 11 is 1.15. The summed E-state index contributed by atoms with van der Waals surface area (Å²) in [5.41, 5.74) is 5.18. The van der Waals surface area contributed by atoms with Gasteiger partial charge in [-0.3, -0.25) is 10.1 Å². The maximum absolute atomic E-state index is 12.4. The molecule has 1 aliphatic heterocycles. The summed E-state index contributed by atoms with van der Waals surface area (Å²) in [5, 5.41) is 15.2. The molecule has 9 nitrogen and oxygen atoms in total. The predicted octanol–water partition coefficient (Wildman–Crippen LogP) is 1.20.